The van der Waals surface area contributed by atoms with Gasteiger partial charge in [-0.25, -0.2) is 9.78 Å². The standard InChI is InChI=1S/C17H22N4O4S/c1-10(2)8-11(16(24)25)19-13(22)9-18-15(23)14-12-6-4-5-7-21(12)17(20-14)26-3/h4-7,10-11H,8-9H2,1-3H3,(H,18,23)(H,19,22)(H,24,25)/t11-/m0/s1. The van der Waals surface area contributed by atoms with Crippen LogP contribution in [0.15, 0.2) is 29.6 Å². The van der Waals surface area contributed by atoms with Crippen LogP contribution in [-0.2, 0) is 9.59 Å². The van der Waals surface area contributed by atoms with Crippen LogP contribution >= 0.6 is 11.8 Å². The molecule has 140 valence electrons. The molecule has 2 aromatic rings. The van der Waals surface area contributed by atoms with Gasteiger partial charge in [0, 0.05) is 6.20 Å². The molecule has 0 saturated carbocycles. The summed E-state index contributed by atoms with van der Waals surface area (Å²) in [6.45, 7) is 3.43. The molecule has 0 radical (unpaired) electrons. The highest BCUT2D eigenvalue weighted by Crippen LogP contribution is 2.19. The smallest absolute Gasteiger partial charge is 0.326 e. The number of amides is 2. The molecule has 26 heavy (non-hydrogen) atoms. The number of hydrogen-bond donors (Lipinski definition) is 3. The van der Waals surface area contributed by atoms with E-state index in [1.54, 1.807) is 22.7 Å². The summed E-state index contributed by atoms with van der Waals surface area (Å²) < 4.78 is 1.79. The molecule has 2 rings (SSSR count). The van der Waals surface area contributed by atoms with Crippen molar-refractivity contribution >= 4 is 35.1 Å². The predicted octanol–water partition coefficient (Wildman–Crippen LogP) is 1.40. The van der Waals surface area contributed by atoms with Crippen LogP contribution in [0.4, 0.5) is 0 Å². The van der Waals surface area contributed by atoms with E-state index in [0.29, 0.717) is 17.1 Å². The summed E-state index contributed by atoms with van der Waals surface area (Å²) >= 11 is 1.41. The molecular weight excluding hydrogens is 356 g/mol. The molecule has 2 heterocycles. The van der Waals surface area contributed by atoms with E-state index < -0.39 is 23.8 Å². The number of aliphatic carboxylic acids is 1. The molecule has 0 aliphatic carbocycles. The lowest BCUT2D eigenvalue weighted by Gasteiger charge is -2.16. The molecule has 8 nitrogen and oxygen atoms in total. The Balaban J connectivity index is 2.02. The van der Waals surface area contributed by atoms with Crippen LogP contribution in [0.3, 0.4) is 0 Å². The van der Waals surface area contributed by atoms with E-state index in [9.17, 15) is 14.4 Å². The van der Waals surface area contributed by atoms with E-state index in [2.05, 4.69) is 15.6 Å². The summed E-state index contributed by atoms with van der Waals surface area (Å²) in [5.41, 5.74) is 0.859. The first-order valence-corrected chi connectivity index (χ1v) is 9.37. The number of nitrogens with zero attached hydrogens (tertiary/aromatic N) is 2. The molecule has 0 fully saturated rings. The molecule has 0 aliphatic heterocycles. The Morgan fingerprint density at radius 1 is 1.31 bits per heavy atom. The van der Waals surface area contributed by atoms with Gasteiger partial charge in [0.15, 0.2) is 10.9 Å². The lowest BCUT2D eigenvalue weighted by Crippen LogP contribution is -2.46. The summed E-state index contributed by atoms with van der Waals surface area (Å²) in [6.07, 6.45) is 3.98. The lowest BCUT2D eigenvalue weighted by molar-refractivity contribution is -0.142. The molecule has 2 aromatic heterocycles. The number of rotatable bonds is 8. The van der Waals surface area contributed by atoms with E-state index in [1.165, 1.54) is 11.8 Å². The van der Waals surface area contributed by atoms with E-state index in [1.807, 2.05) is 26.2 Å². The first-order valence-electron chi connectivity index (χ1n) is 8.15. The van der Waals surface area contributed by atoms with Crippen LogP contribution in [0.1, 0.15) is 30.8 Å². The first kappa shape index (κ1) is 19.8. The van der Waals surface area contributed by atoms with Crippen LogP contribution in [-0.4, -0.2) is 51.1 Å². The topological polar surface area (TPSA) is 113 Å². The monoisotopic (exact) mass is 378 g/mol. The Labute approximate surface area is 155 Å². The van der Waals surface area contributed by atoms with Gasteiger partial charge < -0.3 is 15.7 Å². The Morgan fingerprint density at radius 3 is 2.65 bits per heavy atom. The number of thioether (sulfide) groups is 1. The summed E-state index contributed by atoms with van der Waals surface area (Å²) in [5, 5.41) is 14.7. The zero-order valence-corrected chi connectivity index (χ0v) is 15.7. The van der Waals surface area contributed by atoms with Crippen molar-refractivity contribution in [2.24, 2.45) is 5.92 Å². The minimum absolute atomic E-state index is 0.118. The van der Waals surface area contributed by atoms with Crippen LogP contribution in [0.25, 0.3) is 5.52 Å². The van der Waals surface area contributed by atoms with Gasteiger partial charge >= 0.3 is 5.97 Å². The Bertz CT molecular complexity index is 818. The third kappa shape index (κ3) is 4.75. The maximum Gasteiger partial charge on any atom is 0.326 e. The number of carbonyl (C=O) groups is 3. The normalized spacial score (nSPS) is 12.2. The number of fused-ring (bicyclic) bond motifs is 1. The molecule has 0 aliphatic rings. The quantitative estimate of drug-likeness (QED) is 0.599. The molecule has 2 amide bonds. The van der Waals surface area contributed by atoms with Crippen LogP contribution in [0, 0.1) is 5.92 Å². The van der Waals surface area contributed by atoms with E-state index >= 15 is 0 Å². The van der Waals surface area contributed by atoms with Crippen molar-refractivity contribution in [2.45, 2.75) is 31.5 Å². The van der Waals surface area contributed by atoms with Crippen molar-refractivity contribution in [3.05, 3.63) is 30.1 Å². The third-order valence-corrected chi connectivity index (χ3v) is 4.32. The van der Waals surface area contributed by atoms with Gasteiger partial charge in [-0.15, -0.1) is 0 Å². The van der Waals surface area contributed by atoms with E-state index in [0.717, 1.165) is 0 Å². The van der Waals surface area contributed by atoms with Crippen molar-refractivity contribution in [3.63, 3.8) is 0 Å². The number of aromatic nitrogens is 2. The molecule has 0 saturated heterocycles. The Hall–Kier alpha value is -2.55. The minimum atomic E-state index is -1.09. The van der Waals surface area contributed by atoms with Gasteiger partial charge in [0.1, 0.15) is 6.04 Å². The zero-order valence-electron chi connectivity index (χ0n) is 14.9. The van der Waals surface area contributed by atoms with Gasteiger partial charge in [-0.05, 0) is 30.7 Å². The van der Waals surface area contributed by atoms with Crippen LogP contribution in [0.2, 0.25) is 0 Å². The summed E-state index contributed by atoms with van der Waals surface area (Å²) in [4.78, 5) is 39.9. The molecule has 0 spiro atoms. The van der Waals surface area contributed by atoms with Crippen LogP contribution in [0.5, 0.6) is 0 Å². The van der Waals surface area contributed by atoms with Crippen molar-refractivity contribution in [3.8, 4) is 0 Å². The fraction of sp³-hybridized carbons (Fsp3) is 0.412. The molecule has 9 heteroatoms. The largest absolute Gasteiger partial charge is 0.480 e. The van der Waals surface area contributed by atoms with Crippen molar-refractivity contribution in [1.29, 1.82) is 0 Å². The first-order chi connectivity index (χ1) is 12.3. The highest BCUT2D eigenvalue weighted by molar-refractivity contribution is 7.98. The fourth-order valence-corrected chi connectivity index (χ4v) is 3.04. The lowest BCUT2D eigenvalue weighted by atomic mass is 10.0. The number of carbonyl (C=O) groups excluding carboxylic acids is 2. The predicted molar refractivity (Wildman–Crippen MR) is 98.3 cm³/mol. The number of nitrogens with one attached hydrogen (secondary N) is 2. The minimum Gasteiger partial charge on any atom is -0.480 e. The molecule has 0 unspecified atom stereocenters. The summed E-state index contributed by atoms with van der Waals surface area (Å²) in [6, 6.07) is 4.43. The summed E-state index contributed by atoms with van der Waals surface area (Å²) in [5.74, 6) is -2.02. The van der Waals surface area contributed by atoms with Gasteiger partial charge in [-0.1, -0.05) is 31.7 Å². The van der Waals surface area contributed by atoms with Gasteiger partial charge in [0.25, 0.3) is 5.91 Å². The van der Waals surface area contributed by atoms with Crippen LogP contribution < -0.4 is 10.6 Å². The van der Waals surface area contributed by atoms with Crippen molar-refractivity contribution in [1.82, 2.24) is 20.0 Å². The molecule has 1 atom stereocenters. The van der Waals surface area contributed by atoms with Gasteiger partial charge in [0.2, 0.25) is 5.91 Å². The third-order valence-electron chi connectivity index (χ3n) is 3.66. The van der Waals surface area contributed by atoms with Gasteiger partial charge in [-0.3, -0.25) is 14.0 Å². The highest BCUT2D eigenvalue weighted by atomic mass is 32.2. The fourth-order valence-electron chi connectivity index (χ4n) is 2.50. The number of carboxylic acid groups (broad SMARTS) is 1. The number of carboxylic acids is 1. The van der Waals surface area contributed by atoms with E-state index in [-0.39, 0.29) is 18.2 Å². The van der Waals surface area contributed by atoms with E-state index in [4.69, 9.17) is 5.11 Å². The van der Waals surface area contributed by atoms with Crippen molar-refractivity contribution in [2.75, 3.05) is 12.8 Å². The second-order valence-corrected chi connectivity index (χ2v) is 6.95. The maximum atomic E-state index is 12.4. The van der Waals surface area contributed by atoms with Crippen molar-refractivity contribution < 1.29 is 19.5 Å². The average molecular weight is 378 g/mol. The number of hydrogen-bond acceptors (Lipinski definition) is 5. The maximum absolute atomic E-state index is 12.4. The summed E-state index contributed by atoms with van der Waals surface area (Å²) in [7, 11) is 0. The highest BCUT2D eigenvalue weighted by Gasteiger charge is 2.22. The number of imidazole rings is 1. The molecule has 0 bridgehead atoms. The Kier molecular flexibility index (Phi) is 6.62. The average Bonchev–Trinajstić information content (AvgIpc) is 2.97. The number of pyridine rings is 1. The SMILES string of the molecule is CSc1nc(C(=O)NCC(=O)N[C@@H](CC(C)C)C(=O)O)c2ccccn12. The molecule has 0 aromatic carbocycles. The molecule has 3 N–H and O–H groups in total. The second-order valence-electron chi connectivity index (χ2n) is 6.17. The Morgan fingerprint density at radius 2 is 2.04 bits per heavy atom. The van der Waals surface area contributed by atoms with Gasteiger partial charge in [-0.2, -0.15) is 0 Å². The second kappa shape index (κ2) is 8.70. The molecular formula is C17H22N4O4S. The zero-order chi connectivity index (χ0) is 19.3. The van der Waals surface area contributed by atoms with Gasteiger partial charge in [0.05, 0.1) is 12.1 Å².